The minimum atomic E-state index is -0.216. The fraction of sp³-hybridized carbons (Fsp3) is 0.714. The molecule has 1 aliphatic carbocycles. The molecule has 1 saturated carbocycles. The van der Waals surface area contributed by atoms with Gasteiger partial charge in [-0.2, -0.15) is 0 Å². The molecule has 1 aromatic rings. The Morgan fingerprint density at radius 2 is 2.05 bits per heavy atom. The molecule has 1 aromatic heterocycles. The quantitative estimate of drug-likeness (QED) is 0.911. The zero-order valence-electron chi connectivity index (χ0n) is 11.6. The molecular formula is C14H20BrN3O2. The first-order valence-corrected chi connectivity index (χ1v) is 7.97. The summed E-state index contributed by atoms with van der Waals surface area (Å²) < 4.78 is 6.67. The Morgan fingerprint density at radius 3 is 2.60 bits per heavy atom. The molecule has 5 nitrogen and oxygen atoms in total. The third-order valence-corrected chi connectivity index (χ3v) is 5.10. The lowest BCUT2D eigenvalue weighted by atomic mass is 9.58. The van der Waals surface area contributed by atoms with Crippen LogP contribution < -0.4 is 4.90 Å². The van der Waals surface area contributed by atoms with Crippen molar-refractivity contribution in [1.82, 2.24) is 9.97 Å². The lowest BCUT2D eigenvalue weighted by molar-refractivity contribution is -0.199. The average molecular weight is 342 g/mol. The minimum absolute atomic E-state index is 0.0398. The van der Waals surface area contributed by atoms with Crippen LogP contribution in [0.3, 0.4) is 0 Å². The van der Waals surface area contributed by atoms with E-state index in [9.17, 15) is 5.11 Å². The number of aromatic nitrogens is 2. The van der Waals surface area contributed by atoms with Crippen LogP contribution in [0.15, 0.2) is 16.9 Å². The minimum Gasteiger partial charge on any atom is -0.392 e. The zero-order chi connectivity index (χ0) is 14.2. The SMILES string of the molecule is CCO[C@H]1C[C@H](O)C12CCN(c1ncc(Br)cn1)CC2. The summed E-state index contributed by atoms with van der Waals surface area (Å²) >= 11 is 3.35. The smallest absolute Gasteiger partial charge is 0.225 e. The Kier molecular flexibility index (Phi) is 3.97. The number of hydrogen-bond acceptors (Lipinski definition) is 5. The summed E-state index contributed by atoms with van der Waals surface area (Å²) in [6.07, 6.45) is 6.21. The predicted octanol–water partition coefficient (Wildman–Crippen LogP) is 2.00. The van der Waals surface area contributed by atoms with E-state index in [2.05, 4.69) is 30.8 Å². The molecule has 1 aliphatic heterocycles. The third-order valence-electron chi connectivity index (χ3n) is 4.69. The predicted molar refractivity (Wildman–Crippen MR) is 79.6 cm³/mol. The summed E-state index contributed by atoms with van der Waals surface area (Å²) in [7, 11) is 0. The van der Waals surface area contributed by atoms with Gasteiger partial charge in [-0.15, -0.1) is 0 Å². The molecule has 0 unspecified atom stereocenters. The molecule has 6 heteroatoms. The van der Waals surface area contributed by atoms with Crippen molar-refractivity contribution < 1.29 is 9.84 Å². The van der Waals surface area contributed by atoms with Crippen molar-refractivity contribution in [3.63, 3.8) is 0 Å². The van der Waals surface area contributed by atoms with Crippen LogP contribution in [0.1, 0.15) is 26.2 Å². The highest BCUT2D eigenvalue weighted by molar-refractivity contribution is 9.10. The molecule has 3 rings (SSSR count). The van der Waals surface area contributed by atoms with Crippen molar-refractivity contribution in [3.05, 3.63) is 16.9 Å². The van der Waals surface area contributed by atoms with Gasteiger partial charge in [-0.3, -0.25) is 0 Å². The van der Waals surface area contributed by atoms with Crippen molar-refractivity contribution in [1.29, 1.82) is 0 Å². The number of rotatable bonds is 3. The molecular weight excluding hydrogens is 322 g/mol. The van der Waals surface area contributed by atoms with Crippen LogP contribution in [0, 0.1) is 5.41 Å². The third kappa shape index (κ3) is 2.34. The van der Waals surface area contributed by atoms with Gasteiger partial charge in [-0.1, -0.05) is 0 Å². The summed E-state index contributed by atoms with van der Waals surface area (Å²) in [5, 5.41) is 10.2. The maximum atomic E-state index is 10.2. The van der Waals surface area contributed by atoms with Gasteiger partial charge in [0.2, 0.25) is 5.95 Å². The number of piperidine rings is 1. The molecule has 0 amide bonds. The van der Waals surface area contributed by atoms with Crippen molar-refractivity contribution >= 4 is 21.9 Å². The molecule has 2 fully saturated rings. The van der Waals surface area contributed by atoms with E-state index in [1.165, 1.54) is 0 Å². The van der Waals surface area contributed by atoms with E-state index in [1.807, 2.05) is 6.92 Å². The van der Waals surface area contributed by atoms with Crippen molar-refractivity contribution in [2.75, 3.05) is 24.6 Å². The highest BCUT2D eigenvalue weighted by atomic mass is 79.9. The van der Waals surface area contributed by atoms with Gasteiger partial charge in [0.25, 0.3) is 0 Å². The van der Waals surface area contributed by atoms with E-state index in [0.29, 0.717) is 0 Å². The lowest BCUT2D eigenvalue weighted by Crippen LogP contribution is -2.62. The molecule has 1 N–H and O–H groups in total. The first kappa shape index (κ1) is 14.2. The molecule has 1 spiro atoms. The van der Waals surface area contributed by atoms with Crippen LogP contribution in [0.25, 0.3) is 0 Å². The number of halogens is 1. The molecule has 20 heavy (non-hydrogen) atoms. The molecule has 0 bridgehead atoms. The van der Waals surface area contributed by atoms with Crippen LogP contribution in [0.5, 0.6) is 0 Å². The van der Waals surface area contributed by atoms with Crippen molar-refractivity contribution in [2.45, 2.75) is 38.4 Å². The Bertz CT molecular complexity index is 458. The van der Waals surface area contributed by atoms with Gasteiger partial charge in [0.1, 0.15) is 0 Å². The van der Waals surface area contributed by atoms with Crippen LogP contribution >= 0.6 is 15.9 Å². The molecule has 2 aliphatic rings. The van der Waals surface area contributed by atoms with Crippen LogP contribution in [-0.4, -0.2) is 47.0 Å². The van der Waals surface area contributed by atoms with Crippen LogP contribution in [0.2, 0.25) is 0 Å². The first-order valence-electron chi connectivity index (χ1n) is 7.18. The molecule has 2 heterocycles. The Labute approximate surface area is 127 Å². The van der Waals surface area contributed by atoms with Crippen LogP contribution in [-0.2, 0) is 4.74 Å². The summed E-state index contributed by atoms with van der Waals surface area (Å²) in [6, 6.07) is 0. The number of anilines is 1. The summed E-state index contributed by atoms with van der Waals surface area (Å²) in [6.45, 7) is 4.49. The standard InChI is InChI=1S/C14H20BrN3O2/c1-2-20-12-7-11(19)14(12)3-5-18(6-4-14)13-16-8-10(15)9-17-13/h8-9,11-12,19H,2-7H2,1H3/t11-,12-/m0/s1. The van der Waals surface area contributed by atoms with E-state index < -0.39 is 0 Å². The van der Waals surface area contributed by atoms with E-state index in [1.54, 1.807) is 12.4 Å². The largest absolute Gasteiger partial charge is 0.392 e. The second kappa shape index (κ2) is 5.58. The van der Waals surface area contributed by atoms with Crippen LogP contribution in [0.4, 0.5) is 5.95 Å². The topological polar surface area (TPSA) is 58.5 Å². The molecule has 0 aromatic carbocycles. The summed E-state index contributed by atoms with van der Waals surface area (Å²) in [5.74, 6) is 0.768. The maximum absolute atomic E-state index is 10.2. The van der Waals surface area contributed by atoms with E-state index in [0.717, 1.165) is 49.4 Å². The van der Waals surface area contributed by atoms with Crippen molar-refractivity contribution in [2.24, 2.45) is 5.41 Å². The molecule has 110 valence electrons. The zero-order valence-corrected chi connectivity index (χ0v) is 13.2. The van der Waals surface area contributed by atoms with E-state index in [4.69, 9.17) is 4.74 Å². The highest BCUT2D eigenvalue weighted by Crippen LogP contribution is 2.51. The van der Waals surface area contributed by atoms with Gasteiger partial charge in [-0.25, -0.2) is 9.97 Å². The number of aliphatic hydroxyl groups excluding tert-OH is 1. The Balaban J connectivity index is 1.65. The van der Waals surface area contributed by atoms with E-state index in [-0.39, 0.29) is 17.6 Å². The second-order valence-corrected chi connectivity index (χ2v) is 6.53. The highest BCUT2D eigenvalue weighted by Gasteiger charge is 2.56. The van der Waals surface area contributed by atoms with Gasteiger partial charge in [-0.05, 0) is 35.7 Å². The average Bonchev–Trinajstić information content (AvgIpc) is 2.48. The van der Waals surface area contributed by atoms with Gasteiger partial charge in [0, 0.05) is 43.9 Å². The maximum Gasteiger partial charge on any atom is 0.225 e. The Hall–Kier alpha value is -0.720. The molecule has 1 saturated heterocycles. The first-order chi connectivity index (χ1) is 9.65. The lowest BCUT2D eigenvalue weighted by Gasteiger charge is -2.56. The van der Waals surface area contributed by atoms with Crippen molar-refractivity contribution in [3.8, 4) is 0 Å². The molecule has 2 atom stereocenters. The number of nitrogens with zero attached hydrogens (tertiary/aromatic N) is 3. The number of ether oxygens (including phenoxy) is 1. The van der Waals surface area contributed by atoms with Gasteiger partial charge in [0.15, 0.2) is 0 Å². The summed E-state index contributed by atoms with van der Waals surface area (Å²) in [5.41, 5.74) is -0.0398. The van der Waals surface area contributed by atoms with Gasteiger partial charge < -0.3 is 14.7 Å². The van der Waals surface area contributed by atoms with E-state index >= 15 is 0 Å². The number of hydrogen-bond donors (Lipinski definition) is 1. The fourth-order valence-electron chi connectivity index (χ4n) is 3.41. The summed E-state index contributed by atoms with van der Waals surface area (Å²) in [4.78, 5) is 10.9. The fourth-order valence-corrected chi connectivity index (χ4v) is 3.61. The second-order valence-electron chi connectivity index (χ2n) is 5.62. The Morgan fingerprint density at radius 1 is 1.40 bits per heavy atom. The number of aliphatic hydroxyl groups is 1. The normalized spacial score (nSPS) is 28.4. The van der Waals surface area contributed by atoms with Gasteiger partial charge in [0.05, 0.1) is 16.7 Å². The van der Waals surface area contributed by atoms with Gasteiger partial charge >= 0.3 is 0 Å². The monoisotopic (exact) mass is 341 g/mol. The molecule has 0 radical (unpaired) electrons.